The Labute approximate surface area is 93.8 Å². The van der Waals surface area contributed by atoms with Crippen molar-refractivity contribution in [3.8, 4) is 5.88 Å². The number of ether oxygens (including phenoxy) is 1. The number of aryl methyl sites for hydroxylation is 1. The van der Waals surface area contributed by atoms with Crippen LogP contribution in [0.5, 0.6) is 5.88 Å². The van der Waals surface area contributed by atoms with Gasteiger partial charge in [0.25, 0.3) is 0 Å². The third kappa shape index (κ3) is 2.98. The molecule has 0 N–H and O–H groups in total. The molecule has 3 heteroatoms. The van der Waals surface area contributed by atoms with Crippen molar-refractivity contribution < 1.29 is 4.74 Å². The molecular weight excluding hydrogens is 242 g/mol. The molecule has 1 heterocycles. The lowest BCUT2D eigenvalue weighted by atomic mass is 10.1. The van der Waals surface area contributed by atoms with Crippen molar-refractivity contribution in [2.24, 2.45) is 0 Å². The fourth-order valence-corrected chi connectivity index (χ4v) is 1.14. The maximum atomic E-state index is 5.75. The highest BCUT2D eigenvalue weighted by Gasteiger charge is 2.17. The minimum Gasteiger partial charge on any atom is -0.472 e. The van der Waals surface area contributed by atoms with Crippen LogP contribution in [0.2, 0.25) is 0 Å². The molecule has 0 bridgehead atoms. The summed E-state index contributed by atoms with van der Waals surface area (Å²) in [6.07, 6.45) is 2.74. The van der Waals surface area contributed by atoms with Crippen LogP contribution in [0, 0.1) is 6.92 Å². The quantitative estimate of drug-likeness (QED) is 0.824. The fraction of sp³-hybridized carbons (Fsp3) is 0.545. The monoisotopic (exact) mass is 257 g/mol. The van der Waals surface area contributed by atoms with E-state index in [1.165, 1.54) is 0 Å². The van der Waals surface area contributed by atoms with E-state index in [0.29, 0.717) is 5.88 Å². The Hall–Kier alpha value is -0.570. The second-order valence-corrected chi connectivity index (χ2v) is 4.84. The van der Waals surface area contributed by atoms with Gasteiger partial charge in [-0.25, -0.2) is 4.98 Å². The van der Waals surface area contributed by atoms with Gasteiger partial charge in [0.2, 0.25) is 5.88 Å². The largest absolute Gasteiger partial charge is 0.472 e. The van der Waals surface area contributed by atoms with Crippen molar-refractivity contribution in [1.82, 2.24) is 4.98 Å². The average molecular weight is 258 g/mol. The summed E-state index contributed by atoms with van der Waals surface area (Å²) in [6, 6.07) is 1.95. The Balaban J connectivity index is 2.83. The zero-order valence-electron chi connectivity index (χ0n) is 9.10. The number of hydrogen-bond donors (Lipinski definition) is 0. The second-order valence-electron chi connectivity index (χ2n) is 3.99. The molecule has 0 spiro atoms. The Morgan fingerprint density at radius 2 is 2.14 bits per heavy atom. The van der Waals surface area contributed by atoms with Crippen molar-refractivity contribution in [2.75, 3.05) is 0 Å². The van der Waals surface area contributed by atoms with E-state index in [4.69, 9.17) is 4.74 Å². The van der Waals surface area contributed by atoms with E-state index in [2.05, 4.69) is 41.7 Å². The summed E-state index contributed by atoms with van der Waals surface area (Å²) in [7, 11) is 0. The smallest absolute Gasteiger partial charge is 0.214 e. The number of nitrogens with zero attached hydrogens (tertiary/aromatic N) is 1. The first-order chi connectivity index (χ1) is 6.44. The lowest BCUT2D eigenvalue weighted by molar-refractivity contribution is 0.0989. The molecule has 78 valence electrons. The van der Waals surface area contributed by atoms with E-state index in [0.717, 1.165) is 16.5 Å². The molecule has 0 radical (unpaired) electrons. The van der Waals surface area contributed by atoms with Gasteiger partial charge in [-0.3, -0.25) is 0 Å². The lowest BCUT2D eigenvalue weighted by Gasteiger charge is -2.24. The summed E-state index contributed by atoms with van der Waals surface area (Å²) in [6.45, 7) is 8.25. The van der Waals surface area contributed by atoms with E-state index < -0.39 is 0 Å². The van der Waals surface area contributed by atoms with Gasteiger partial charge in [0, 0.05) is 16.7 Å². The third-order valence-electron chi connectivity index (χ3n) is 2.25. The second kappa shape index (κ2) is 4.30. The Kier molecular flexibility index (Phi) is 3.53. The summed E-state index contributed by atoms with van der Waals surface area (Å²) in [5.74, 6) is 0.692. The normalized spacial score (nSPS) is 11.5. The summed E-state index contributed by atoms with van der Waals surface area (Å²) in [4.78, 5) is 4.20. The summed E-state index contributed by atoms with van der Waals surface area (Å²) >= 11 is 3.41. The number of halogens is 1. The molecule has 0 aliphatic heterocycles. The van der Waals surface area contributed by atoms with Crippen LogP contribution in [0.15, 0.2) is 16.7 Å². The molecule has 1 aromatic rings. The number of aromatic nitrogens is 1. The highest BCUT2D eigenvalue weighted by molar-refractivity contribution is 9.10. The van der Waals surface area contributed by atoms with Gasteiger partial charge in [-0.1, -0.05) is 6.92 Å². The van der Waals surface area contributed by atoms with E-state index in [-0.39, 0.29) is 5.60 Å². The zero-order chi connectivity index (χ0) is 10.8. The maximum absolute atomic E-state index is 5.75. The molecule has 14 heavy (non-hydrogen) atoms. The zero-order valence-corrected chi connectivity index (χ0v) is 10.7. The molecule has 0 fully saturated rings. The third-order valence-corrected chi connectivity index (χ3v) is 3.08. The van der Waals surface area contributed by atoms with Gasteiger partial charge in [0.05, 0.1) is 0 Å². The Bertz CT molecular complexity index is 323. The molecule has 0 aromatic carbocycles. The first-order valence-corrected chi connectivity index (χ1v) is 5.55. The topological polar surface area (TPSA) is 22.1 Å². The van der Waals surface area contributed by atoms with Crippen LogP contribution in [0.25, 0.3) is 0 Å². The SMILES string of the molecule is CCC(C)(C)Oc1cc(C)c(Br)cn1. The van der Waals surface area contributed by atoms with Crippen molar-refractivity contribution >= 4 is 15.9 Å². The van der Waals surface area contributed by atoms with Crippen molar-refractivity contribution in [1.29, 1.82) is 0 Å². The predicted molar refractivity (Wildman–Crippen MR) is 61.7 cm³/mol. The summed E-state index contributed by atoms with van der Waals surface area (Å²) in [5.41, 5.74) is 0.995. The summed E-state index contributed by atoms with van der Waals surface area (Å²) < 4.78 is 6.77. The van der Waals surface area contributed by atoms with Crippen LogP contribution < -0.4 is 4.74 Å². The highest BCUT2D eigenvalue weighted by atomic mass is 79.9. The first-order valence-electron chi connectivity index (χ1n) is 4.76. The van der Waals surface area contributed by atoms with Crippen LogP contribution in [-0.4, -0.2) is 10.6 Å². The Morgan fingerprint density at radius 3 is 2.64 bits per heavy atom. The highest BCUT2D eigenvalue weighted by Crippen LogP contribution is 2.23. The van der Waals surface area contributed by atoms with Gasteiger partial charge in [-0.15, -0.1) is 0 Å². The molecular formula is C11H16BrNO. The van der Waals surface area contributed by atoms with Crippen LogP contribution in [-0.2, 0) is 0 Å². The Morgan fingerprint density at radius 1 is 1.50 bits per heavy atom. The van der Waals surface area contributed by atoms with Gasteiger partial charge in [-0.2, -0.15) is 0 Å². The molecule has 0 unspecified atom stereocenters. The number of hydrogen-bond acceptors (Lipinski definition) is 2. The standard InChI is InChI=1S/C11H16BrNO/c1-5-11(3,4)14-10-6-8(2)9(12)7-13-10/h6-7H,5H2,1-4H3. The minimum atomic E-state index is -0.146. The van der Waals surface area contributed by atoms with Gasteiger partial charge < -0.3 is 4.74 Å². The van der Waals surface area contributed by atoms with Crippen LogP contribution in [0.4, 0.5) is 0 Å². The van der Waals surface area contributed by atoms with Crippen molar-refractivity contribution in [3.63, 3.8) is 0 Å². The van der Waals surface area contributed by atoms with E-state index in [1.54, 1.807) is 6.20 Å². The fourth-order valence-electron chi connectivity index (χ4n) is 0.925. The molecule has 0 aliphatic rings. The lowest BCUT2D eigenvalue weighted by Crippen LogP contribution is -2.27. The van der Waals surface area contributed by atoms with E-state index >= 15 is 0 Å². The molecule has 0 saturated carbocycles. The first kappa shape index (κ1) is 11.5. The maximum Gasteiger partial charge on any atom is 0.214 e. The predicted octanol–water partition coefficient (Wildman–Crippen LogP) is 3.72. The molecule has 0 atom stereocenters. The average Bonchev–Trinajstić information content (AvgIpc) is 2.11. The van der Waals surface area contributed by atoms with E-state index in [9.17, 15) is 0 Å². The van der Waals surface area contributed by atoms with Crippen LogP contribution in [0.1, 0.15) is 32.8 Å². The van der Waals surface area contributed by atoms with Gasteiger partial charge in [0.15, 0.2) is 0 Å². The number of rotatable bonds is 3. The van der Waals surface area contributed by atoms with Crippen LogP contribution >= 0.6 is 15.9 Å². The molecule has 0 aliphatic carbocycles. The van der Waals surface area contributed by atoms with E-state index in [1.807, 2.05) is 13.0 Å². The van der Waals surface area contributed by atoms with Crippen LogP contribution in [0.3, 0.4) is 0 Å². The molecule has 0 amide bonds. The van der Waals surface area contributed by atoms with Crippen molar-refractivity contribution in [3.05, 3.63) is 22.3 Å². The molecule has 1 aromatic heterocycles. The van der Waals surface area contributed by atoms with Gasteiger partial charge in [-0.05, 0) is 48.7 Å². The molecule has 2 nitrogen and oxygen atoms in total. The summed E-state index contributed by atoms with van der Waals surface area (Å²) in [5, 5.41) is 0. The number of pyridine rings is 1. The van der Waals surface area contributed by atoms with Crippen molar-refractivity contribution in [2.45, 2.75) is 39.7 Å². The molecule has 0 saturated heterocycles. The van der Waals surface area contributed by atoms with Gasteiger partial charge >= 0.3 is 0 Å². The molecule has 1 rings (SSSR count). The minimum absolute atomic E-state index is 0.146. The van der Waals surface area contributed by atoms with Gasteiger partial charge in [0.1, 0.15) is 5.60 Å².